The van der Waals surface area contributed by atoms with Crippen molar-refractivity contribution in [2.75, 3.05) is 52.9 Å². The van der Waals surface area contributed by atoms with Crippen LogP contribution < -0.4 is 0 Å². The Morgan fingerprint density at radius 3 is 2.30 bits per heavy atom. The molecule has 2 amide bonds. The van der Waals surface area contributed by atoms with Gasteiger partial charge in [0.15, 0.2) is 0 Å². The Hall–Kier alpha value is -2.06. The number of likely N-dealkylation sites (tertiary alicyclic amines) is 1. The second kappa shape index (κ2) is 10.8. The zero-order chi connectivity index (χ0) is 21.5. The maximum Gasteiger partial charge on any atom is 0.318 e. The molecule has 30 heavy (non-hydrogen) atoms. The zero-order valence-corrected chi connectivity index (χ0v) is 18.7. The smallest absolute Gasteiger partial charge is 0.318 e. The van der Waals surface area contributed by atoms with E-state index >= 15 is 0 Å². The van der Waals surface area contributed by atoms with E-state index in [1.54, 1.807) is 13.0 Å². The number of amides is 2. The molecule has 0 N–H and O–H groups in total. The largest absolute Gasteiger partial charge is 0.468 e. The summed E-state index contributed by atoms with van der Waals surface area (Å²) in [7, 11) is 1.37. The van der Waals surface area contributed by atoms with Gasteiger partial charge >= 0.3 is 5.97 Å². The predicted octanol–water partition coefficient (Wildman–Crippen LogP) is 2.11. The van der Waals surface area contributed by atoms with Crippen molar-refractivity contribution >= 4 is 29.5 Å². The highest BCUT2D eigenvalue weighted by Crippen LogP contribution is 2.28. The number of benzene rings is 1. The topological polar surface area (TPSA) is 70.2 Å². The number of ether oxygens (including phenoxy) is 1. The fraction of sp³-hybridized carbons (Fsp3) is 0.591. The average molecular weight is 434 g/mol. The van der Waals surface area contributed by atoms with Gasteiger partial charge in [-0.1, -0.05) is 12.1 Å². The number of hydrogen-bond donors (Lipinski definition) is 0. The lowest BCUT2D eigenvalue weighted by Crippen LogP contribution is -2.52. The minimum absolute atomic E-state index is 0.0304. The molecule has 8 heteroatoms. The summed E-state index contributed by atoms with van der Waals surface area (Å²) in [5.41, 5.74) is 0.607. The van der Waals surface area contributed by atoms with Crippen molar-refractivity contribution in [3.8, 4) is 0 Å². The van der Waals surface area contributed by atoms with Gasteiger partial charge in [-0.3, -0.25) is 19.3 Å². The van der Waals surface area contributed by atoms with Crippen molar-refractivity contribution in [1.82, 2.24) is 14.7 Å². The van der Waals surface area contributed by atoms with Gasteiger partial charge in [-0.25, -0.2) is 0 Å². The lowest BCUT2D eigenvalue weighted by atomic mass is 10.1. The first-order chi connectivity index (χ1) is 14.5. The Morgan fingerprint density at radius 2 is 1.63 bits per heavy atom. The van der Waals surface area contributed by atoms with E-state index in [1.165, 1.54) is 25.3 Å². The summed E-state index contributed by atoms with van der Waals surface area (Å²) in [6, 6.07) is 7.38. The molecule has 0 bridgehead atoms. The second-order valence-corrected chi connectivity index (χ2v) is 9.17. The first kappa shape index (κ1) is 22.6. The van der Waals surface area contributed by atoms with Gasteiger partial charge in [-0.2, -0.15) is 0 Å². The van der Waals surface area contributed by atoms with Crippen molar-refractivity contribution < 1.29 is 19.1 Å². The summed E-state index contributed by atoms with van der Waals surface area (Å²) in [5, 5.41) is -0.387. The fourth-order valence-corrected chi connectivity index (χ4v) is 4.88. The highest BCUT2D eigenvalue weighted by atomic mass is 32.2. The molecule has 0 aromatic heterocycles. The van der Waals surface area contributed by atoms with Crippen LogP contribution in [-0.4, -0.2) is 90.7 Å². The lowest BCUT2D eigenvalue weighted by Gasteiger charge is -2.36. The molecule has 1 unspecified atom stereocenters. The van der Waals surface area contributed by atoms with Crippen LogP contribution in [0.4, 0.5) is 0 Å². The minimum atomic E-state index is -0.387. The molecule has 0 spiro atoms. The first-order valence-electron chi connectivity index (χ1n) is 10.6. The second-order valence-electron chi connectivity index (χ2n) is 7.79. The van der Waals surface area contributed by atoms with Crippen LogP contribution in [0.3, 0.4) is 0 Å². The van der Waals surface area contributed by atoms with Crippen molar-refractivity contribution in [3.05, 3.63) is 29.8 Å². The lowest BCUT2D eigenvalue weighted by molar-refractivity contribution is -0.139. The quantitative estimate of drug-likeness (QED) is 0.506. The van der Waals surface area contributed by atoms with Crippen molar-refractivity contribution in [2.24, 2.45) is 0 Å². The number of piperidine rings is 1. The average Bonchev–Trinajstić information content (AvgIpc) is 2.79. The van der Waals surface area contributed by atoms with Crippen LogP contribution >= 0.6 is 11.8 Å². The van der Waals surface area contributed by atoms with Gasteiger partial charge in [0.05, 0.1) is 19.2 Å². The molecular formula is C22H31N3O4S. The van der Waals surface area contributed by atoms with Gasteiger partial charge in [0.25, 0.3) is 5.91 Å². The summed E-state index contributed by atoms with van der Waals surface area (Å²) in [6.07, 6.45) is 3.41. The number of nitrogens with zero attached hydrogens (tertiary/aromatic N) is 3. The Bertz CT molecular complexity index is 759. The van der Waals surface area contributed by atoms with Gasteiger partial charge in [0, 0.05) is 44.2 Å². The molecule has 1 aromatic carbocycles. The van der Waals surface area contributed by atoms with E-state index in [9.17, 15) is 14.4 Å². The molecule has 2 heterocycles. The number of esters is 1. The van der Waals surface area contributed by atoms with Crippen molar-refractivity contribution in [3.63, 3.8) is 0 Å². The van der Waals surface area contributed by atoms with Crippen LogP contribution in [0.1, 0.15) is 36.5 Å². The molecule has 164 valence electrons. The standard InChI is InChI=1S/C22H31N3O4S/c1-17(22(28)29-2)30-19-9-5-4-8-18(19)21(27)25-14-12-23(13-15-25)16-20(26)24-10-6-3-7-11-24/h4-5,8-9,17H,3,6-7,10-16H2,1-2H3. The van der Waals surface area contributed by atoms with Crippen LogP contribution in [0.15, 0.2) is 29.2 Å². The summed E-state index contributed by atoms with van der Waals surface area (Å²) in [6.45, 7) is 6.53. The van der Waals surface area contributed by atoms with E-state index in [-0.39, 0.29) is 23.0 Å². The zero-order valence-electron chi connectivity index (χ0n) is 17.8. The summed E-state index contributed by atoms with van der Waals surface area (Å²) < 4.78 is 4.80. The van der Waals surface area contributed by atoms with Crippen LogP contribution in [0, 0.1) is 0 Å². The normalized spacial score (nSPS) is 18.7. The molecule has 2 aliphatic heterocycles. The van der Waals surface area contributed by atoms with Gasteiger partial charge in [-0.15, -0.1) is 11.8 Å². The molecule has 2 saturated heterocycles. The molecule has 2 aliphatic rings. The predicted molar refractivity (Wildman–Crippen MR) is 117 cm³/mol. The van der Waals surface area contributed by atoms with Crippen molar-refractivity contribution in [1.29, 1.82) is 0 Å². The number of rotatable bonds is 6. The number of hydrogen-bond acceptors (Lipinski definition) is 6. The van der Waals surface area contributed by atoms with Gasteiger partial charge in [0.1, 0.15) is 5.25 Å². The first-order valence-corrected chi connectivity index (χ1v) is 11.5. The molecule has 7 nitrogen and oxygen atoms in total. The molecule has 2 fully saturated rings. The summed E-state index contributed by atoms with van der Waals surface area (Å²) in [5.74, 6) is -0.139. The van der Waals surface area contributed by atoms with E-state index in [2.05, 4.69) is 4.90 Å². The molecule has 0 radical (unpaired) electrons. The highest BCUT2D eigenvalue weighted by molar-refractivity contribution is 8.00. The summed E-state index contributed by atoms with van der Waals surface area (Å²) >= 11 is 1.34. The van der Waals surface area contributed by atoms with Crippen LogP contribution in [0.5, 0.6) is 0 Å². The third-order valence-electron chi connectivity index (χ3n) is 5.68. The highest BCUT2D eigenvalue weighted by Gasteiger charge is 2.27. The molecule has 0 saturated carbocycles. The van der Waals surface area contributed by atoms with Crippen LogP contribution in [-0.2, 0) is 14.3 Å². The van der Waals surface area contributed by atoms with Crippen molar-refractivity contribution in [2.45, 2.75) is 36.3 Å². The monoisotopic (exact) mass is 433 g/mol. The maximum atomic E-state index is 13.1. The van der Waals surface area contributed by atoms with E-state index in [4.69, 9.17) is 4.74 Å². The number of piperazine rings is 1. The van der Waals surface area contributed by atoms with E-state index in [0.717, 1.165) is 30.8 Å². The fourth-order valence-electron chi connectivity index (χ4n) is 3.86. The third-order valence-corrected chi connectivity index (χ3v) is 6.84. The minimum Gasteiger partial charge on any atom is -0.468 e. The van der Waals surface area contributed by atoms with Gasteiger partial charge < -0.3 is 14.5 Å². The number of methoxy groups -OCH3 is 1. The molecule has 0 aliphatic carbocycles. The third kappa shape index (κ3) is 5.76. The van der Waals surface area contributed by atoms with E-state index in [0.29, 0.717) is 38.3 Å². The Kier molecular flexibility index (Phi) is 8.16. The Balaban J connectivity index is 1.55. The number of carbonyl (C=O) groups excluding carboxylic acids is 3. The molecular weight excluding hydrogens is 402 g/mol. The van der Waals surface area contributed by atoms with Crippen LogP contribution in [0.25, 0.3) is 0 Å². The van der Waals surface area contributed by atoms with E-state index < -0.39 is 0 Å². The molecule has 1 aromatic rings. The molecule has 3 rings (SSSR count). The van der Waals surface area contributed by atoms with E-state index in [1.807, 2.05) is 28.0 Å². The number of thioether (sulfide) groups is 1. The maximum absolute atomic E-state index is 13.1. The SMILES string of the molecule is COC(=O)C(C)Sc1ccccc1C(=O)N1CCN(CC(=O)N2CCCCC2)CC1. The number of carbonyl (C=O) groups is 3. The van der Waals surface area contributed by atoms with Gasteiger partial charge in [0.2, 0.25) is 5.91 Å². The molecule has 1 atom stereocenters. The Morgan fingerprint density at radius 1 is 0.967 bits per heavy atom. The Labute approximate surface area is 182 Å². The summed E-state index contributed by atoms with van der Waals surface area (Å²) in [4.78, 5) is 44.1. The van der Waals surface area contributed by atoms with Crippen LogP contribution in [0.2, 0.25) is 0 Å². The van der Waals surface area contributed by atoms with Gasteiger partial charge in [-0.05, 0) is 38.3 Å².